The lowest BCUT2D eigenvalue weighted by Gasteiger charge is -2.45. The summed E-state index contributed by atoms with van der Waals surface area (Å²) in [6.07, 6.45) is 14.5. The second-order valence-corrected chi connectivity index (χ2v) is 10.9. The fraction of sp³-hybridized carbons (Fsp3) is 0.750. The first-order valence-corrected chi connectivity index (χ1v) is 12.9. The third-order valence-electron chi connectivity index (χ3n) is 6.29. The van der Waals surface area contributed by atoms with Crippen LogP contribution in [0.1, 0.15) is 122 Å². The minimum atomic E-state index is -0.276. The highest BCUT2D eigenvalue weighted by molar-refractivity contribution is 5.92. The van der Waals surface area contributed by atoms with Crippen LogP contribution < -0.4 is 10.1 Å². The third-order valence-corrected chi connectivity index (χ3v) is 6.29. The second-order valence-electron chi connectivity index (χ2n) is 10.9. The predicted molar refractivity (Wildman–Crippen MR) is 134 cm³/mol. The van der Waals surface area contributed by atoms with E-state index in [1.54, 1.807) is 0 Å². The summed E-state index contributed by atoms with van der Waals surface area (Å²) >= 11 is 0. The van der Waals surface area contributed by atoms with Crippen molar-refractivity contribution >= 4 is 5.97 Å². The van der Waals surface area contributed by atoms with Gasteiger partial charge in [-0.2, -0.15) is 0 Å². The van der Waals surface area contributed by atoms with Crippen LogP contribution in [0.2, 0.25) is 0 Å². The zero-order valence-corrected chi connectivity index (χ0v) is 21.3. The first-order chi connectivity index (χ1) is 15.2. The van der Waals surface area contributed by atoms with Crippen molar-refractivity contribution in [2.24, 2.45) is 0 Å². The lowest BCUT2D eigenvalue weighted by atomic mass is 9.81. The molecule has 0 bridgehead atoms. The molecule has 32 heavy (non-hydrogen) atoms. The zero-order chi connectivity index (χ0) is 23.5. The van der Waals surface area contributed by atoms with Crippen molar-refractivity contribution in [2.45, 2.75) is 129 Å². The Bertz CT molecular complexity index is 667. The number of nitrogens with one attached hydrogen (secondary N) is 1. The number of para-hydroxylation sites is 1. The lowest BCUT2D eigenvalue weighted by molar-refractivity contribution is -0.00664. The van der Waals surface area contributed by atoms with E-state index in [1.807, 2.05) is 24.3 Å². The molecule has 1 heterocycles. The van der Waals surface area contributed by atoms with Crippen molar-refractivity contribution in [3.8, 4) is 5.75 Å². The Morgan fingerprint density at radius 2 is 1.41 bits per heavy atom. The summed E-state index contributed by atoms with van der Waals surface area (Å²) in [6, 6.07) is 7.48. The average Bonchev–Trinajstić information content (AvgIpc) is 2.70. The van der Waals surface area contributed by atoms with Gasteiger partial charge in [0.05, 0.1) is 6.61 Å². The lowest BCUT2D eigenvalue weighted by Crippen LogP contribution is -2.59. The van der Waals surface area contributed by atoms with Crippen LogP contribution in [0.15, 0.2) is 24.3 Å². The topological polar surface area (TPSA) is 47.6 Å². The van der Waals surface area contributed by atoms with Gasteiger partial charge in [0.25, 0.3) is 0 Å². The molecule has 0 saturated carbocycles. The van der Waals surface area contributed by atoms with Crippen molar-refractivity contribution in [1.82, 2.24) is 5.32 Å². The Morgan fingerprint density at radius 1 is 0.875 bits per heavy atom. The van der Waals surface area contributed by atoms with Crippen LogP contribution in [0.4, 0.5) is 0 Å². The highest BCUT2D eigenvalue weighted by atomic mass is 16.5. The minimum absolute atomic E-state index is 0.0573. The van der Waals surface area contributed by atoms with Gasteiger partial charge in [-0.25, -0.2) is 4.79 Å². The molecule has 1 aromatic rings. The number of hydrogen-bond donors (Lipinski definition) is 1. The molecule has 0 spiro atoms. The number of rotatable bonds is 14. The molecule has 0 atom stereocenters. The van der Waals surface area contributed by atoms with Gasteiger partial charge in [-0.3, -0.25) is 0 Å². The van der Waals surface area contributed by atoms with Crippen LogP contribution >= 0.6 is 0 Å². The molecule has 1 N–H and O–H groups in total. The van der Waals surface area contributed by atoms with Crippen molar-refractivity contribution < 1.29 is 14.3 Å². The minimum Gasteiger partial charge on any atom is -0.493 e. The fourth-order valence-corrected chi connectivity index (χ4v) is 5.06. The van der Waals surface area contributed by atoms with Gasteiger partial charge in [0.1, 0.15) is 17.4 Å². The monoisotopic (exact) mass is 445 g/mol. The molecule has 0 aromatic heterocycles. The standard InChI is InChI=1S/C28H47NO3/c1-6-7-8-9-10-11-12-13-14-17-20-31-25-19-16-15-18-24(25)26(30)32-23-21-27(2,3)29-28(4,5)22-23/h15-16,18-19,23,29H,6-14,17,20-22H2,1-5H3. The van der Waals surface area contributed by atoms with Crippen molar-refractivity contribution in [1.29, 1.82) is 0 Å². The van der Waals surface area contributed by atoms with Crippen LogP contribution in [-0.2, 0) is 4.74 Å². The molecule has 1 aliphatic heterocycles. The number of ether oxygens (including phenoxy) is 2. The number of benzene rings is 1. The molecule has 4 heteroatoms. The molecular formula is C28H47NO3. The first-order valence-electron chi connectivity index (χ1n) is 12.9. The number of piperidine rings is 1. The summed E-state index contributed by atoms with van der Waals surface area (Å²) in [5, 5.41) is 3.63. The number of esters is 1. The maximum atomic E-state index is 12.9. The maximum Gasteiger partial charge on any atom is 0.342 e. The molecule has 2 rings (SSSR count). The zero-order valence-electron chi connectivity index (χ0n) is 21.3. The van der Waals surface area contributed by atoms with E-state index in [-0.39, 0.29) is 23.2 Å². The van der Waals surface area contributed by atoms with Gasteiger partial charge in [0.15, 0.2) is 0 Å². The summed E-state index contributed by atoms with van der Waals surface area (Å²) in [5.41, 5.74) is 0.421. The molecule has 1 aromatic carbocycles. The molecule has 182 valence electrons. The van der Waals surface area contributed by atoms with E-state index in [1.165, 1.54) is 57.8 Å². The molecule has 0 radical (unpaired) electrons. The van der Waals surface area contributed by atoms with E-state index in [2.05, 4.69) is 39.9 Å². The molecule has 4 nitrogen and oxygen atoms in total. The number of unbranched alkanes of at least 4 members (excludes halogenated alkanes) is 9. The highest BCUT2D eigenvalue weighted by Gasteiger charge is 2.39. The molecule has 0 unspecified atom stereocenters. The number of carbonyl (C=O) groups excluding carboxylic acids is 1. The van der Waals surface area contributed by atoms with Gasteiger partial charge < -0.3 is 14.8 Å². The summed E-state index contributed by atoms with van der Waals surface area (Å²) in [4.78, 5) is 12.9. The largest absolute Gasteiger partial charge is 0.493 e. The Hall–Kier alpha value is -1.55. The van der Waals surface area contributed by atoms with Crippen LogP contribution in [0.3, 0.4) is 0 Å². The Balaban J connectivity index is 1.72. The van der Waals surface area contributed by atoms with E-state index in [4.69, 9.17) is 9.47 Å². The molecular weight excluding hydrogens is 398 g/mol. The normalized spacial score (nSPS) is 17.8. The van der Waals surface area contributed by atoms with E-state index < -0.39 is 0 Å². The van der Waals surface area contributed by atoms with Gasteiger partial charge in [0, 0.05) is 23.9 Å². The Kier molecular flexibility index (Phi) is 11.0. The molecule has 1 saturated heterocycles. The first kappa shape index (κ1) is 26.7. The Morgan fingerprint density at radius 3 is 2.00 bits per heavy atom. The van der Waals surface area contributed by atoms with E-state index in [9.17, 15) is 4.79 Å². The van der Waals surface area contributed by atoms with Gasteiger partial charge in [-0.05, 0) is 46.2 Å². The second kappa shape index (κ2) is 13.2. The number of carbonyl (C=O) groups is 1. The number of hydrogen-bond acceptors (Lipinski definition) is 4. The Labute approximate surface area is 196 Å². The molecule has 1 aliphatic rings. The SMILES string of the molecule is CCCCCCCCCCCCOc1ccccc1C(=O)OC1CC(C)(C)NC(C)(C)C1. The van der Waals surface area contributed by atoms with Crippen LogP contribution in [0.25, 0.3) is 0 Å². The van der Waals surface area contributed by atoms with Crippen molar-refractivity contribution in [2.75, 3.05) is 6.61 Å². The smallest absolute Gasteiger partial charge is 0.342 e. The van der Waals surface area contributed by atoms with Gasteiger partial charge >= 0.3 is 5.97 Å². The van der Waals surface area contributed by atoms with Crippen LogP contribution in [0, 0.1) is 0 Å². The fourth-order valence-electron chi connectivity index (χ4n) is 5.06. The molecule has 1 fully saturated rings. The van der Waals surface area contributed by atoms with Gasteiger partial charge in [-0.15, -0.1) is 0 Å². The maximum absolute atomic E-state index is 12.9. The van der Waals surface area contributed by atoms with E-state index in [0.717, 1.165) is 19.3 Å². The van der Waals surface area contributed by atoms with Crippen LogP contribution in [-0.4, -0.2) is 29.8 Å². The quantitative estimate of drug-likeness (QED) is 0.238. The third kappa shape index (κ3) is 9.94. The van der Waals surface area contributed by atoms with Gasteiger partial charge in [0.2, 0.25) is 0 Å². The van der Waals surface area contributed by atoms with Gasteiger partial charge in [-0.1, -0.05) is 76.8 Å². The molecule has 0 aliphatic carbocycles. The summed E-state index contributed by atoms with van der Waals surface area (Å²) < 4.78 is 11.9. The summed E-state index contributed by atoms with van der Waals surface area (Å²) in [7, 11) is 0. The highest BCUT2D eigenvalue weighted by Crippen LogP contribution is 2.31. The summed E-state index contributed by atoms with van der Waals surface area (Å²) in [6.45, 7) is 11.6. The van der Waals surface area contributed by atoms with E-state index in [0.29, 0.717) is 17.9 Å². The summed E-state index contributed by atoms with van der Waals surface area (Å²) in [5.74, 6) is 0.364. The molecule has 0 amide bonds. The van der Waals surface area contributed by atoms with Crippen molar-refractivity contribution in [3.05, 3.63) is 29.8 Å². The van der Waals surface area contributed by atoms with Crippen molar-refractivity contribution in [3.63, 3.8) is 0 Å². The van der Waals surface area contributed by atoms with Crippen LogP contribution in [0.5, 0.6) is 5.75 Å². The van der Waals surface area contributed by atoms with E-state index >= 15 is 0 Å². The predicted octanol–water partition coefficient (Wildman–Crippen LogP) is 7.45. The average molecular weight is 446 g/mol.